The lowest BCUT2D eigenvalue weighted by atomic mass is 9.61. The molecule has 9 heteroatoms. The number of allylic oxidation sites excluding steroid dienone is 3. The van der Waals surface area contributed by atoms with Gasteiger partial charge in [-0.1, -0.05) is 45.9 Å². The van der Waals surface area contributed by atoms with Crippen molar-refractivity contribution in [3.05, 3.63) is 34.9 Å². The van der Waals surface area contributed by atoms with Gasteiger partial charge in [0.2, 0.25) is 0 Å². The first-order chi connectivity index (χ1) is 17.9. The minimum Gasteiger partial charge on any atom is -0.478 e. The van der Waals surface area contributed by atoms with Crippen molar-refractivity contribution in [1.82, 2.24) is 0 Å². The maximum atomic E-state index is 13.0. The molecule has 0 spiro atoms. The van der Waals surface area contributed by atoms with E-state index in [0.717, 1.165) is 18.4 Å². The molecule has 3 aliphatic rings. The number of hydrogen-bond donors (Lipinski definition) is 4. The Bertz CT molecular complexity index is 992. The number of carboxylic acid groups (broad SMARTS) is 1. The molecule has 1 saturated carbocycles. The molecule has 3 rings (SSSR count). The van der Waals surface area contributed by atoms with Crippen molar-refractivity contribution in [1.29, 1.82) is 0 Å². The van der Waals surface area contributed by atoms with Crippen LogP contribution in [0.3, 0.4) is 0 Å². The van der Waals surface area contributed by atoms with Crippen molar-refractivity contribution in [2.75, 3.05) is 26.4 Å². The van der Waals surface area contributed by atoms with Gasteiger partial charge in [0, 0.05) is 0 Å². The van der Waals surface area contributed by atoms with E-state index in [0.29, 0.717) is 12.3 Å². The van der Waals surface area contributed by atoms with Crippen LogP contribution < -0.4 is 0 Å². The highest BCUT2D eigenvalue weighted by molar-refractivity contribution is 5.89. The Labute approximate surface area is 224 Å². The number of carboxylic acids is 1. The summed E-state index contributed by atoms with van der Waals surface area (Å²) in [7, 11) is 0. The van der Waals surface area contributed by atoms with Gasteiger partial charge < -0.3 is 29.9 Å². The quantitative estimate of drug-likeness (QED) is 0.199. The lowest BCUT2D eigenvalue weighted by Crippen LogP contribution is -2.55. The summed E-state index contributed by atoms with van der Waals surface area (Å²) in [6, 6.07) is 0. The van der Waals surface area contributed by atoms with E-state index >= 15 is 0 Å². The van der Waals surface area contributed by atoms with Crippen molar-refractivity contribution in [3.63, 3.8) is 0 Å². The van der Waals surface area contributed by atoms with Crippen molar-refractivity contribution in [2.24, 2.45) is 41.4 Å². The van der Waals surface area contributed by atoms with E-state index in [4.69, 9.17) is 9.47 Å². The Morgan fingerprint density at radius 2 is 1.82 bits per heavy atom. The summed E-state index contributed by atoms with van der Waals surface area (Å²) in [6.45, 7) is 6.66. The summed E-state index contributed by atoms with van der Waals surface area (Å²) in [5, 5.41) is 40.7. The summed E-state index contributed by atoms with van der Waals surface area (Å²) in [6.07, 6.45) is 7.46. The summed E-state index contributed by atoms with van der Waals surface area (Å²) < 4.78 is 10.7. The van der Waals surface area contributed by atoms with E-state index in [1.165, 1.54) is 6.08 Å². The number of esters is 2. The predicted molar refractivity (Wildman–Crippen MR) is 139 cm³/mol. The molecule has 0 aromatic heterocycles. The molecule has 0 saturated heterocycles. The smallest absolute Gasteiger partial charge is 0.336 e. The molecule has 9 nitrogen and oxygen atoms in total. The van der Waals surface area contributed by atoms with Crippen molar-refractivity contribution < 1.29 is 44.3 Å². The first-order valence-electron chi connectivity index (χ1n) is 13.5. The molecule has 4 N–H and O–H groups in total. The minimum absolute atomic E-state index is 0.0364. The topological polar surface area (TPSA) is 151 Å². The zero-order chi connectivity index (χ0) is 28.2. The third-order valence-electron chi connectivity index (χ3n) is 8.58. The van der Waals surface area contributed by atoms with Gasteiger partial charge in [0.05, 0.1) is 30.3 Å². The Kier molecular flexibility index (Phi) is 9.95. The van der Waals surface area contributed by atoms with Gasteiger partial charge in [-0.25, -0.2) is 9.59 Å². The zero-order valence-corrected chi connectivity index (χ0v) is 22.8. The lowest BCUT2D eigenvalue weighted by Gasteiger charge is -2.46. The second kappa shape index (κ2) is 12.6. The largest absolute Gasteiger partial charge is 0.478 e. The molecule has 0 aromatic carbocycles. The third-order valence-corrected chi connectivity index (χ3v) is 8.58. The van der Waals surface area contributed by atoms with Crippen molar-refractivity contribution in [2.45, 2.75) is 59.0 Å². The number of aliphatic carboxylic acids is 1. The molecular weight excluding hydrogens is 492 g/mol. The van der Waals surface area contributed by atoms with Gasteiger partial charge in [0.15, 0.2) is 0 Å². The van der Waals surface area contributed by atoms with Gasteiger partial charge in [0.1, 0.15) is 18.8 Å². The maximum Gasteiger partial charge on any atom is 0.336 e. The number of fused-ring (bicyclic) bond motifs is 1. The SMILES string of the molecule is CC(C)[C@@H]1CC[C@](O)(COC(=O)/C(=C/[C@H]2C=C(CO)CC[C@H]2C(C)C)CO)[C@H]2C(=O)OCC(C(=O)O)=C[C@@H]12. The van der Waals surface area contributed by atoms with E-state index < -0.39 is 48.6 Å². The average molecular weight is 535 g/mol. The monoisotopic (exact) mass is 534 g/mol. The highest BCUT2D eigenvalue weighted by atomic mass is 16.6. The van der Waals surface area contributed by atoms with Crippen LogP contribution in [0.25, 0.3) is 0 Å². The molecule has 0 bridgehead atoms. The van der Waals surface area contributed by atoms with Crippen LogP contribution in [0.2, 0.25) is 0 Å². The Hall–Kier alpha value is -2.49. The van der Waals surface area contributed by atoms with Gasteiger partial charge >= 0.3 is 17.9 Å². The van der Waals surface area contributed by atoms with Crippen LogP contribution in [-0.4, -0.2) is 70.4 Å². The fourth-order valence-electron chi connectivity index (χ4n) is 6.36. The second-order valence-electron chi connectivity index (χ2n) is 11.6. The first-order valence-corrected chi connectivity index (χ1v) is 13.5. The molecule has 0 unspecified atom stereocenters. The number of carbonyl (C=O) groups excluding carboxylic acids is 2. The highest BCUT2D eigenvalue weighted by Gasteiger charge is 2.54. The fraction of sp³-hybridized carbons (Fsp3) is 0.690. The number of cyclic esters (lactones) is 1. The van der Waals surface area contributed by atoms with Gasteiger partial charge in [0.25, 0.3) is 0 Å². The van der Waals surface area contributed by atoms with Crippen LogP contribution >= 0.6 is 0 Å². The summed E-state index contributed by atoms with van der Waals surface area (Å²) in [4.78, 5) is 37.8. The highest BCUT2D eigenvalue weighted by Crippen LogP contribution is 2.47. The van der Waals surface area contributed by atoms with Gasteiger partial charge in [-0.3, -0.25) is 4.79 Å². The number of aliphatic hydroxyl groups excluding tert-OH is 2. The average Bonchev–Trinajstić information content (AvgIpc) is 3.05. The maximum absolute atomic E-state index is 13.0. The predicted octanol–water partition coefficient (Wildman–Crippen LogP) is 2.65. The first kappa shape index (κ1) is 30.1. The van der Waals surface area contributed by atoms with Crippen LogP contribution in [0, 0.1) is 41.4 Å². The van der Waals surface area contributed by atoms with E-state index in [9.17, 15) is 34.8 Å². The number of ether oxygens (including phenoxy) is 2. The van der Waals surface area contributed by atoms with E-state index in [1.54, 1.807) is 6.08 Å². The summed E-state index contributed by atoms with van der Waals surface area (Å²) in [5.41, 5.74) is -0.852. The molecule has 1 fully saturated rings. The van der Waals surface area contributed by atoms with Crippen LogP contribution in [0.1, 0.15) is 53.4 Å². The molecule has 0 amide bonds. The molecule has 6 atom stereocenters. The number of aliphatic hydroxyl groups is 3. The lowest BCUT2D eigenvalue weighted by molar-refractivity contribution is -0.181. The second-order valence-corrected chi connectivity index (χ2v) is 11.6. The van der Waals surface area contributed by atoms with Crippen LogP contribution in [0.5, 0.6) is 0 Å². The van der Waals surface area contributed by atoms with E-state index in [1.807, 2.05) is 19.9 Å². The number of rotatable bonds is 9. The fourth-order valence-corrected chi connectivity index (χ4v) is 6.36. The molecule has 38 heavy (non-hydrogen) atoms. The number of carbonyl (C=O) groups is 3. The standard InChI is InChI=1S/C29H42O9/c1-16(2)22-6-5-18(12-30)9-19(22)10-20(13-31)27(34)38-15-29(36)8-7-23(17(3)4)24-11-21(26(32)33)14-37-28(35)25(24)29/h9-11,16-17,19,22-25,30-31,36H,5-8,12-15H2,1-4H3,(H,32,33)/b20-10+/t19-,22+,23+,24+,25-,29+/m1/s1. The molecule has 1 aliphatic heterocycles. The van der Waals surface area contributed by atoms with Gasteiger partial charge in [-0.15, -0.1) is 0 Å². The van der Waals surface area contributed by atoms with E-state index in [2.05, 4.69) is 13.8 Å². The molecule has 0 radical (unpaired) electrons. The zero-order valence-electron chi connectivity index (χ0n) is 22.8. The van der Waals surface area contributed by atoms with Crippen LogP contribution in [0.4, 0.5) is 0 Å². The Morgan fingerprint density at radius 3 is 2.39 bits per heavy atom. The van der Waals surface area contributed by atoms with Crippen LogP contribution in [0.15, 0.2) is 34.9 Å². The minimum atomic E-state index is -1.75. The Morgan fingerprint density at radius 1 is 1.13 bits per heavy atom. The molecule has 1 heterocycles. The van der Waals surface area contributed by atoms with Crippen molar-refractivity contribution >= 4 is 17.9 Å². The van der Waals surface area contributed by atoms with Crippen molar-refractivity contribution in [3.8, 4) is 0 Å². The molecule has 212 valence electrons. The third kappa shape index (κ3) is 6.55. The Balaban J connectivity index is 1.84. The molecular formula is C29H42O9. The van der Waals surface area contributed by atoms with Crippen LogP contribution in [-0.2, 0) is 23.9 Å². The summed E-state index contributed by atoms with van der Waals surface area (Å²) in [5.74, 6) is -3.91. The number of hydrogen-bond acceptors (Lipinski definition) is 8. The normalized spacial score (nSPS) is 32.2. The molecule has 2 aliphatic carbocycles. The molecule has 0 aromatic rings. The van der Waals surface area contributed by atoms with Gasteiger partial charge in [-0.2, -0.15) is 0 Å². The summed E-state index contributed by atoms with van der Waals surface area (Å²) >= 11 is 0. The van der Waals surface area contributed by atoms with Gasteiger partial charge in [-0.05, 0) is 66.8 Å². The van der Waals surface area contributed by atoms with E-state index in [-0.39, 0.29) is 54.5 Å².